The van der Waals surface area contributed by atoms with Crippen LogP contribution in [0.3, 0.4) is 0 Å². The van der Waals surface area contributed by atoms with Crippen LogP contribution in [0, 0.1) is 13.8 Å². The summed E-state index contributed by atoms with van der Waals surface area (Å²) < 4.78 is 0. The van der Waals surface area contributed by atoms with Crippen molar-refractivity contribution in [1.29, 1.82) is 0 Å². The van der Waals surface area contributed by atoms with Crippen LogP contribution in [0.25, 0.3) is 0 Å². The first-order valence-corrected chi connectivity index (χ1v) is 9.42. The van der Waals surface area contributed by atoms with E-state index in [0.29, 0.717) is 27.9 Å². The summed E-state index contributed by atoms with van der Waals surface area (Å²) in [6.07, 6.45) is 0. The van der Waals surface area contributed by atoms with Crippen molar-refractivity contribution in [3.05, 3.63) is 98.5 Å². The smallest absolute Gasteiger partial charge is 0.266 e. The Kier molecular flexibility index (Phi) is 4.79. The zero-order chi connectivity index (χ0) is 21.4. The van der Waals surface area contributed by atoms with E-state index in [9.17, 15) is 19.2 Å². The summed E-state index contributed by atoms with van der Waals surface area (Å²) in [4.78, 5) is 53.5. The van der Waals surface area contributed by atoms with Crippen LogP contribution < -0.4 is 15.8 Å². The number of aryl methyl sites for hydroxylation is 2. The minimum Gasteiger partial charge on any atom is -0.348 e. The molecule has 0 radical (unpaired) electrons. The third kappa shape index (κ3) is 3.30. The number of aromatic amines is 1. The standard InChI is InChI=1S/C23H19N3O4/c1-13-11-14(2)25-21(28)19(13)12-24-20(27)15-7-9-16(10-8-15)26-22(29)17-5-3-4-6-18(17)23(26)30/h3-11H,12H2,1-2H3,(H,24,27)(H,25,28). The van der Waals surface area contributed by atoms with Crippen LogP contribution in [0.15, 0.2) is 59.4 Å². The number of anilines is 1. The van der Waals surface area contributed by atoms with Gasteiger partial charge in [-0.2, -0.15) is 0 Å². The first-order chi connectivity index (χ1) is 14.4. The maximum atomic E-state index is 12.6. The molecule has 0 atom stereocenters. The van der Waals surface area contributed by atoms with E-state index in [2.05, 4.69) is 10.3 Å². The number of benzene rings is 2. The molecule has 0 unspecified atom stereocenters. The fourth-order valence-corrected chi connectivity index (χ4v) is 3.56. The highest BCUT2D eigenvalue weighted by Crippen LogP contribution is 2.28. The van der Waals surface area contributed by atoms with Crippen molar-refractivity contribution in [3.8, 4) is 0 Å². The number of hydrogen-bond donors (Lipinski definition) is 2. The Morgan fingerprint density at radius 2 is 1.53 bits per heavy atom. The number of amides is 3. The highest BCUT2D eigenvalue weighted by Gasteiger charge is 2.36. The van der Waals surface area contributed by atoms with Crippen LogP contribution in [0.1, 0.15) is 47.9 Å². The number of carbonyl (C=O) groups is 3. The number of nitrogens with one attached hydrogen (secondary N) is 2. The number of imide groups is 1. The SMILES string of the molecule is Cc1cc(C)c(CNC(=O)c2ccc(N3C(=O)c4ccccc4C3=O)cc2)c(=O)[nH]1. The van der Waals surface area contributed by atoms with E-state index in [1.165, 1.54) is 0 Å². The molecule has 2 N–H and O–H groups in total. The summed E-state index contributed by atoms with van der Waals surface area (Å²) in [7, 11) is 0. The third-order valence-corrected chi connectivity index (χ3v) is 5.10. The molecule has 0 saturated heterocycles. The van der Waals surface area contributed by atoms with Gasteiger partial charge in [0, 0.05) is 23.4 Å². The Labute approximate surface area is 172 Å². The highest BCUT2D eigenvalue weighted by molar-refractivity contribution is 6.34. The second kappa shape index (κ2) is 7.44. The predicted octanol–water partition coefficient (Wildman–Crippen LogP) is 2.72. The number of H-pyrrole nitrogens is 1. The fraction of sp³-hybridized carbons (Fsp3) is 0.130. The van der Waals surface area contributed by atoms with E-state index in [1.54, 1.807) is 55.5 Å². The average molecular weight is 401 g/mol. The summed E-state index contributed by atoms with van der Waals surface area (Å²) in [5, 5.41) is 2.73. The molecule has 0 saturated carbocycles. The molecule has 7 nitrogen and oxygen atoms in total. The van der Waals surface area contributed by atoms with Crippen molar-refractivity contribution in [2.45, 2.75) is 20.4 Å². The van der Waals surface area contributed by atoms with Crippen LogP contribution >= 0.6 is 0 Å². The Balaban J connectivity index is 1.49. The lowest BCUT2D eigenvalue weighted by atomic mass is 10.1. The van der Waals surface area contributed by atoms with Crippen LogP contribution in [0.4, 0.5) is 5.69 Å². The van der Waals surface area contributed by atoms with Crippen molar-refractivity contribution in [2.24, 2.45) is 0 Å². The first-order valence-electron chi connectivity index (χ1n) is 9.42. The molecule has 150 valence electrons. The maximum absolute atomic E-state index is 12.6. The molecule has 2 heterocycles. The third-order valence-electron chi connectivity index (χ3n) is 5.10. The Morgan fingerprint density at radius 3 is 2.10 bits per heavy atom. The van der Waals surface area contributed by atoms with Crippen LogP contribution in [0.2, 0.25) is 0 Å². The van der Waals surface area contributed by atoms with E-state index >= 15 is 0 Å². The Hall–Kier alpha value is -4.00. The first kappa shape index (κ1) is 19.3. The monoisotopic (exact) mass is 401 g/mol. The van der Waals surface area contributed by atoms with Gasteiger partial charge in [0.05, 0.1) is 16.8 Å². The van der Waals surface area contributed by atoms with Crippen LogP contribution in [-0.2, 0) is 6.54 Å². The van der Waals surface area contributed by atoms with Gasteiger partial charge in [0.25, 0.3) is 23.3 Å². The fourth-order valence-electron chi connectivity index (χ4n) is 3.56. The van der Waals surface area contributed by atoms with E-state index in [-0.39, 0.29) is 29.8 Å². The lowest BCUT2D eigenvalue weighted by molar-refractivity contribution is 0.0923. The number of fused-ring (bicyclic) bond motifs is 1. The summed E-state index contributed by atoms with van der Waals surface area (Å²) in [6, 6.07) is 14.7. The van der Waals surface area contributed by atoms with Gasteiger partial charge in [-0.15, -0.1) is 0 Å². The van der Waals surface area contributed by atoms with E-state index in [0.717, 1.165) is 16.2 Å². The summed E-state index contributed by atoms with van der Waals surface area (Å²) in [5.74, 6) is -1.13. The molecule has 1 aromatic heterocycles. The molecule has 3 amide bonds. The molecule has 7 heteroatoms. The normalized spacial score (nSPS) is 12.8. The molecule has 30 heavy (non-hydrogen) atoms. The van der Waals surface area contributed by atoms with Gasteiger partial charge in [0.15, 0.2) is 0 Å². The van der Waals surface area contributed by atoms with Gasteiger partial charge in [0.1, 0.15) is 0 Å². The second-order valence-electron chi connectivity index (χ2n) is 7.16. The number of aromatic nitrogens is 1. The van der Waals surface area contributed by atoms with E-state index in [4.69, 9.17) is 0 Å². The lowest BCUT2D eigenvalue weighted by Gasteiger charge is -2.14. The molecular weight excluding hydrogens is 382 g/mol. The maximum Gasteiger partial charge on any atom is 0.266 e. The topological polar surface area (TPSA) is 99.3 Å². The number of pyridine rings is 1. The lowest BCUT2D eigenvalue weighted by Crippen LogP contribution is -2.30. The molecule has 1 aliphatic heterocycles. The zero-order valence-corrected chi connectivity index (χ0v) is 16.5. The molecule has 1 aliphatic rings. The zero-order valence-electron chi connectivity index (χ0n) is 16.5. The second-order valence-corrected chi connectivity index (χ2v) is 7.16. The molecule has 4 rings (SSSR count). The molecule has 0 bridgehead atoms. The minimum absolute atomic E-state index is 0.0977. The molecule has 0 aliphatic carbocycles. The highest BCUT2D eigenvalue weighted by atomic mass is 16.2. The molecular formula is C23H19N3O4. The van der Waals surface area contributed by atoms with Crippen molar-refractivity contribution in [2.75, 3.05) is 4.90 Å². The number of rotatable bonds is 4. The number of hydrogen-bond acceptors (Lipinski definition) is 4. The summed E-state index contributed by atoms with van der Waals surface area (Å²) >= 11 is 0. The van der Waals surface area contributed by atoms with Gasteiger partial charge in [0.2, 0.25) is 0 Å². The predicted molar refractivity (Wildman–Crippen MR) is 112 cm³/mol. The largest absolute Gasteiger partial charge is 0.348 e. The molecule has 2 aromatic carbocycles. The van der Waals surface area contributed by atoms with E-state index < -0.39 is 0 Å². The van der Waals surface area contributed by atoms with Gasteiger partial charge in [-0.05, 0) is 61.9 Å². The summed E-state index contributed by atoms with van der Waals surface area (Å²) in [5.41, 5.74) is 3.31. The van der Waals surface area contributed by atoms with Gasteiger partial charge in [-0.3, -0.25) is 19.2 Å². The molecule has 0 spiro atoms. The molecule has 3 aromatic rings. The van der Waals surface area contributed by atoms with Gasteiger partial charge < -0.3 is 10.3 Å². The average Bonchev–Trinajstić information content (AvgIpc) is 2.98. The Morgan fingerprint density at radius 1 is 0.933 bits per heavy atom. The van der Waals surface area contributed by atoms with Crippen LogP contribution in [0.5, 0.6) is 0 Å². The number of carbonyl (C=O) groups excluding carboxylic acids is 3. The quantitative estimate of drug-likeness (QED) is 0.657. The Bertz CT molecular complexity index is 1210. The van der Waals surface area contributed by atoms with Crippen molar-refractivity contribution in [3.63, 3.8) is 0 Å². The van der Waals surface area contributed by atoms with Crippen molar-refractivity contribution >= 4 is 23.4 Å². The van der Waals surface area contributed by atoms with Crippen molar-refractivity contribution in [1.82, 2.24) is 10.3 Å². The molecule has 0 fully saturated rings. The van der Waals surface area contributed by atoms with Crippen LogP contribution in [-0.4, -0.2) is 22.7 Å². The van der Waals surface area contributed by atoms with Gasteiger partial charge in [-0.1, -0.05) is 12.1 Å². The van der Waals surface area contributed by atoms with E-state index in [1.807, 2.05) is 13.0 Å². The minimum atomic E-state index is -0.387. The van der Waals surface area contributed by atoms with Crippen molar-refractivity contribution < 1.29 is 14.4 Å². The van der Waals surface area contributed by atoms with Gasteiger partial charge >= 0.3 is 0 Å². The van der Waals surface area contributed by atoms with Gasteiger partial charge in [-0.25, -0.2) is 4.90 Å². The number of nitrogens with zero attached hydrogens (tertiary/aromatic N) is 1. The summed E-state index contributed by atoms with van der Waals surface area (Å²) in [6.45, 7) is 3.72.